The van der Waals surface area contributed by atoms with Gasteiger partial charge in [0.1, 0.15) is 6.10 Å². The number of rotatable bonds is 4. The molecule has 0 saturated heterocycles. The first-order valence-corrected chi connectivity index (χ1v) is 5.69. The average Bonchev–Trinajstić information content (AvgIpc) is 2.49. The van der Waals surface area contributed by atoms with E-state index in [4.69, 9.17) is 0 Å². The number of aliphatic hydroxyl groups excluding tert-OH is 1. The van der Waals surface area contributed by atoms with Crippen LogP contribution in [0.1, 0.15) is 18.2 Å². The van der Waals surface area contributed by atoms with Crippen molar-refractivity contribution in [1.82, 2.24) is 0 Å². The van der Waals surface area contributed by atoms with Crippen LogP contribution in [0.15, 0.2) is 15.9 Å². The molecule has 0 aliphatic carbocycles. The van der Waals surface area contributed by atoms with Gasteiger partial charge in [-0.05, 0) is 34.5 Å². The van der Waals surface area contributed by atoms with Gasteiger partial charge in [-0.2, -0.15) is 0 Å². The van der Waals surface area contributed by atoms with Gasteiger partial charge in [-0.1, -0.05) is 6.92 Å². The Morgan fingerprint density at radius 1 is 1.69 bits per heavy atom. The van der Waals surface area contributed by atoms with E-state index in [1.807, 2.05) is 12.1 Å². The molecule has 1 aromatic rings. The Kier molecular flexibility index (Phi) is 4.09. The van der Waals surface area contributed by atoms with Crippen molar-refractivity contribution < 1.29 is 9.90 Å². The van der Waals surface area contributed by atoms with Crippen LogP contribution >= 0.6 is 27.3 Å². The van der Waals surface area contributed by atoms with Crippen LogP contribution in [0.25, 0.3) is 0 Å². The highest BCUT2D eigenvalue weighted by Gasteiger charge is 2.13. The summed E-state index contributed by atoms with van der Waals surface area (Å²) in [7, 11) is 0. The second-order valence-corrected chi connectivity index (χ2v) is 5.32. The fourth-order valence-electron chi connectivity index (χ4n) is 0.964. The number of carbonyl (C=O) groups is 1. The smallest absolute Gasteiger partial charge is 0.166 e. The highest BCUT2D eigenvalue weighted by Crippen LogP contribution is 2.22. The molecule has 1 unspecified atom stereocenters. The molecule has 0 aliphatic rings. The van der Waals surface area contributed by atoms with E-state index in [1.165, 1.54) is 11.3 Å². The van der Waals surface area contributed by atoms with Gasteiger partial charge >= 0.3 is 0 Å². The van der Waals surface area contributed by atoms with Gasteiger partial charge in [-0.25, -0.2) is 0 Å². The molecule has 1 N–H and O–H groups in total. The Morgan fingerprint density at radius 3 is 2.85 bits per heavy atom. The predicted octanol–water partition coefficient (Wildman–Crippen LogP) is 2.39. The van der Waals surface area contributed by atoms with Gasteiger partial charge in [0.25, 0.3) is 0 Å². The van der Waals surface area contributed by atoms with Gasteiger partial charge in [-0.15, -0.1) is 11.3 Å². The summed E-state index contributed by atoms with van der Waals surface area (Å²) in [6.45, 7) is 1.80. The number of halogens is 1. The van der Waals surface area contributed by atoms with E-state index in [0.29, 0.717) is 12.8 Å². The molecule has 0 amide bonds. The summed E-state index contributed by atoms with van der Waals surface area (Å²) in [5, 5.41) is 9.24. The lowest BCUT2D eigenvalue weighted by Gasteiger charge is -2.04. The summed E-state index contributed by atoms with van der Waals surface area (Å²) < 4.78 is 1.02. The number of hydrogen-bond donors (Lipinski definition) is 1. The Bertz CT molecular complexity index is 296. The van der Waals surface area contributed by atoms with Crippen molar-refractivity contribution in [3.8, 4) is 0 Å². The maximum Gasteiger partial charge on any atom is 0.166 e. The highest BCUT2D eigenvalue weighted by molar-refractivity contribution is 9.11. The molecule has 1 aromatic heterocycles. The summed E-state index contributed by atoms with van der Waals surface area (Å²) >= 11 is 4.85. The van der Waals surface area contributed by atoms with Crippen molar-refractivity contribution in [2.45, 2.75) is 25.9 Å². The quantitative estimate of drug-likeness (QED) is 0.905. The van der Waals surface area contributed by atoms with E-state index >= 15 is 0 Å². The van der Waals surface area contributed by atoms with E-state index in [2.05, 4.69) is 15.9 Å². The van der Waals surface area contributed by atoms with E-state index in [-0.39, 0.29) is 5.78 Å². The molecule has 1 rings (SSSR count). The van der Waals surface area contributed by atoms with Crippen LogP contribution in [0, 0.1) is 0 Å². The summed E-state index contributed by atoms with van der Waals surface area (Å²) in [5.74, 6) is -0.100. The zero-order chi connectivity index (χ0) is 9.84. The molecule has 1 atom stereocenters. The summed E-state index contributed by atoms with van der Waals surface area (Å²) in [6, 6.07) is 3.81. The Balaban J connectivity index is 2.54. The van der Waals surface area contributed by atoms with E-state index in [9.17, 15) is 9.90 Å². The standard InChI is InChI=1S/C9H11BrO2S/c1-2-7(11)8(12)5-6-3-4-9(10)13-6/h3-4,7,11H,2,5H2,1H3. The molecule has 13 heavy (non-hydrogen) atoms. The fraction of sp³-hybridized carbons (Fsp3) is 0.444. The number of carbonyl (C=O) groups excluding carboxylic acids is 1. The third kappa shape index (κ3) is 3.21. The summed E-state index contributed by atoms with van der Waals surface area (Å²) in [6.07, 6.45) is 0.0253. The van der Waals surface area contributed by atoms with Gasteiger partial charge in [0.05, 0.1) is 3.79 Å². The first-order valence-electron chi connectivity index (χ1n) is 4.08. The molecular weight excluding hydrogens is 252 g/mol. The summed E-state index contributed by atoms with van der Waals surface area (Å²) in [4.78, 5) is 12.3. The molecular formula is C9H11BrO2S. The minimum atomic E-state index is -0.805. The van der Waals surface area contributed by atoms with Crippen LogP contribution in [-0.4, -0.2) is 17.0 Å². The Labute approximate surface area is 89.7 Å². The van der Waals surface area contributed by atoms with Crippen molar-refractivity contribution in [3.63, 3.8) is 0 Å². The number of ketones is 1. The van der Waals surface area contributed by atoms with Crippen LogP contribution < -0.4 is 0 Å². The highest BCUT2D eigenvalue weighted by atomic mass is 79.9. The number of hydrogen-bond acceptors (Lipinski definition) is 3. The molecule has 0 saturated carbocycles. The molecule has 0 aromatic carbocycles. The van der Waals surface area contributed by atoms with Crippen LogP contribution in [0.3, 0.4) is 0 Å². The molecule has 72 valence electrons. The van der Waals surface area contributed by atoms with Gasteiger partial charge in [0, 0.05) is 11.3 Å². The second-order valence-electron chi connectivity index (χ2n) is 2.77. The third-order valence-electron chi connectivity index (χ3n) is 1.74. The largest absolute Gasteiger partial charge is 0.385 e. The second kappa shape index (κ2) is 4.88. The molecule has 2 nitrogen and oxygen atoms in total. The topological polar surface area (TPSA) is 37.3 Å². The normalized spacial score (nSPS) is 12.8. The Hall–Kier alpha value is -0.190. The molecule has 1 heterocycles. The molecule has 0 bridgehead atoms. The zero-order valence-electron chi connectivity index (χ0n) is 7.29. The van der Waals surface area contributed by atoms with Crippen LogP contribution in [0.5, 0.6) is 0 Å². The molecule has 0 aliphatic heterocycles. The van der Waals surface area contributed by atoms with Crippen LogP contribution in [-0.2, 0) is 11.2 Å². The fourth-order valence-corrected chi connectivity index (χ4v) is 2.46. The SMILES string of the molecule is CCC(O)C(=O)Cc1ccc(Br)s1. The molecule has 0 fully saturated rings. The average molecular weight is 263 g/mol. The maximum atomic E-state index is 11.3. The predicted molar refractivity (Wildman–Crippen MR) is 57.0 cm³/mol. The lowest BCUT2D eigenvalue weighted by atomic mass is 10.1. The number of aliphatic hydroxyl groups is 1. The zero-order valence-corrected chi connectivity index (χ0v) is 9.69. The van der Waals surface area contributed by atoms with Crippen molar-refractivity contribution >= 4 is 33.0 Å². The molecule has 0 radical (unpaired) electrons. The maximum absolute atomic E-state index is 11.3. The third-order valence-corrected chi connectivity index (χ3v) is 3.36. The lowest BCUT2D eigenvalue weighted by Crippen LogP contribution is -2.20. The first kappa shape index (κ1) is 10.9. The monoisotopic (exact) mass is 262 g/mol. The van der Waals surface area contributed by atoms with E-state index < -0.39 is 6.10 Å². The van der Waals surface area contributed by atoms with Crippen molar-refractivity contribution in [1.29, 1.82) is 0 Å². The lowest BCUT2D eigenvalue weighted by molar-refractivity contribution is -0.126. The van der Waals surface area contributed by atoms with Crippen molar-refractivity contribution in [2.24, 2.45) is 0 Å². The van der Waals surface area contributed by atoms with Gasteiger partial charge in [0.15, 0.2) is 5.78 Å². The number of thiophene rings is 1. The van der Waals surface area contributed by atoms with Crippen LogP contribution in [0.2, 0.25) is 0 Å². The van der Waals surface area contributed by atoms with Crippen LogP contribution in [0.4, 0.5) is 0 Å². The Morgan fingerprint density at radius 2 is 2.38 bits per heavy atom. The molecule has 0 spiro atoms. The minimum Gasteiger partial charge on any atom is -0.385 e. The van der Waals surface area contributed by atoms with Gasteiger partial charge in [-0.3, -0.25) is 4.79 Å². The van der Waals surface area contributed by atoms with Gasteiger partial charge < -0.3 is 5.11 Å². The number of Topliss-reactive ketones (excluding diaryl/α,β-unsaturated/α-hetero) is 1. The van der Waals surface area contributed by atoms with Crippen molar-refractivity contribution in [2.75, 3.05) is 0 Å². The summed E-state index contributed by atoms with van der Waals surface area (Å²) in [5.41, 5.74) is 0. The van der Waals surface area contributed by atoms with E-state index in [1.54, 1.807) is 6.92 Å². The molecule has 4 heteroatoms. The first-order chi connectivity index (χ1) is 6.13. The minimum absolute atomic E-state index is 0.100. The van der Waals surface area contributed by atoms with Gasteiger partial charge in [0.2, 0.25) is 0 Å². The van der Waals surface area contributed by atoms with E-state index in [0.717, 1.165) is 8.66 Å². The van der Waals surface area contributed by atoms with Crippen molar-refractivity contribution in [3.05, 3.63) is 20.8 Å².